The van der Waals surface area contributed by atoms with Crippen molar-refractivity contribution >= 4 is 0 Å². The Kier molecular flexibility index (Phi) is 6.38. The minimum atomic E-state index is 0.402. The zero-order chi connectivity index (χ0) is 11.2. The maximum absolute atomic E-state index is 3.55. The van der Waals surface area contributed by atoms with Gasteiger partial charge in [-0.2, -0.15) is 0 Å². The summed E-state index contributed by atoms with van der Waals surface area (Å²) in [6.07, 6.45) is 0. The lowest BCUT2D eigenvalue weighted by Crippen LogP contribution is -2.37. The molecule has 0 radical (unpaired) electrons. The fraction of sp³-hybridized carbons (Fsp3) is 1.00. The Hall–Kier alpha value is -0.0800. The van der Waals surface area contributed by atoms with Gasteiger partial charge >= 0.3 is 0 Å². The van der Waals surface area contributed by atoms with Crippen LogP contribution in [0, 0.1) is 17.3 Å². The van der Waals surface area contributed by atoms with Crippen molar-refractivity contribution in [3.8, 4) is 0 Å². The lowest BCUT2D eigenvalue weighted by atomic mass is 9.81. The van der Waals surface area contributed by atoms with Crippen LogP contribution in [0.2, 0.25) is 0 Å². The molecule has 0 saturated heterocycles. The molecule has 1 atom stereocenters. The summed E-state index contributed by atoms with van der Waals surface area (Å²) in [6, 6.07) is 0. The van der Waals surface area contributed by atoms with E-state index in [-0.39, 0.29) is 0 Å². The normalized spacial score (nSPS) is 14.8. The van der Waals surface area contributed by atoms with Crippen molar-refractivity contribution in [1.29, 1.82) is 0 Å². The van der Waals surface area contributed by atoms with E-state index in [1.54, 1.807) is 0 Å². The average Bonchev–Trinajstić information content (AvgIpc) is 2.04. The molecular weight excluding hydrogens is 172 g/mol. The first-order valence-electron chi connectivity index (χ1n) is 5.75. The van der Waals surface area contributed by atoms with Gasteiger partial charge in [0, 0.05) is 6.54 Å². The van der Waals surface area contributed by atoms with Crippen molar-refractivity contribution in [2.75, 3.05) is 26.7 Å². The van der Waals surface area contributed by atoms with Crippen LogP contribution in [0.25, 0.3) is 0 Å². The van der Waals surface area contributed by atoms with Gasteiger partial charge in [0.25, 0.3) is 0 Å². The molecule has 2 N–H and O–H groups in total. The topological polar surface area (TPSA) is 24.1 Å². The summed E-state index contributed by atoms with van der Waals surface area (Å²) in [5.74, 6) is 1.44. The summed E-state index contributed by atoms with van der Waals surface area (Å²) in [6.45, 7) is 14.8. The third kappa shape index (κ3) is 5.61. The smallest absolute Gasteiger partial charge is 0.000509 e. The van der Waals surface area contributed by atoms with Gasteiger partial charge in [0.1, 0.15) is 0 Å². The minimum Gasteiger partial charge on any atom is -0.319 e. The van der Waals surface area contributed by atoms with Crippen LogP contribution in [-0.4, -0.2) is 26.7 Å². The van der Waals surface area contributed by atoms with Crippen LogP contribution in [0.5, 0.6) is 0 Å². The van der Waals surface area contributed by atoms with Crippen LogP contribution in [0.3, 0.4) is 0 Å². The number of rotatable bonds is 7. The van der Waals surface area contributed by atoms with Crippen molar-refractivity contribution < 1.29 is 0 Å². The molecule has 0 spiro atoms. The van der Waals surface area contributed by atoms with Gasteiger partial charge < -0.3 is 10.6 Å². The van der Waals surface area contributed by atoms with Crippen LogP contribution in [0.4, 0.5) is 0 Å². The first-order valence-corrected chi connectivity index (χ1v) is 5.75. The summed E-state index contributed by atoms with van der Waals surface area (Å²) >= 11 is 0. The van der Waals surface area contributed by atoms with Crippen molar-refractivity contribution in [1.82, 2.24) is 10.6 Å². The fourth-order valence-corrected chi connectivity index (χ4v) is 1.27. The van der Waals surface area contributed by atoms with Gasteiger partial charge in [-0.1, -0.05) is 34.6 Å². The lowest BCUT2D eigenvalue weighted by Gasteiger charge is -2.30. The molecule has 0 heterocycles. The fourth-order valence-electron chi connectivity index (χ4n) is 1.27. The van der Waals surface area contributed by atoms with E-state index >= 15 is 0 Å². The molecule has 0 fully saturated rings. The predicted octanol–water partition coefficient (Wildman–Crippen LogP) is 2.11. The van der Waals surface area contributed by atoms with Crippen LogP contribution in [0.15, 0.2) is 0 Å². The van der Waals surface area contributed by atoms with Gasteiger partial charge in [-0.25, -0.2) is 0 Å². The SMILES string of the molecule is CNCC(C)CNCC(C)(C)C(C)C. The molecular formula is C12H28N2. The molecule has 0 aromatic rings. The Morgan fingerprint density at radius 1 is 1.07 bits per heavy atom. The second-order valence-electron chi connectivity index (χ2n) is 5.44. The lowest BCUT2D eigenvalue weighted by molar-refractivity contribution is 0.234. The third-order valence-electron chi connectivity index (χ3n) is 3.19. The van der Waals surface area contributed by atoms with E-state index in [1.165, 1.54) is 0 Å². The highest BCUT2D eigenvalue weighted by Gasteiger charge is 2.21. The number of hydrogen-bond donors (Lipinski definition) is 2. The standard InChI is InChI=1S/C12H28N2/c1-10(2)12(4,5)9-14-8-11(3)7-13-6/h10-11,13-14H,7-9H2,1-6H3. The Labute approximate surface area is 89.9 Å². The molecule has 0 rings (SSSR count). The van der Waals surface area contributed by atoms with E-state index in [1.807, 2.05) is 7.05 Å². The number of hydrogen-bond acceptors (Lipinski definition) is 2. The summed E-state index contributed by atoms with van der Waals surface area (Å²) < 4.78 is 0. The molecule has 86 valence electrons. The largest absolute Gasteiger partial charge is 0.319 e. The summed E-state index contributed by atoms with van der Waals surface area (Å²) in [5.41, 5.74) is 0.402. The van der Waals surface area contributed by atoms with Crippen LogP contribution in [0.1, 0.15) is 34.6 Å². The van der Waals surface area contributed by atoms with Crippen molar-refractivity contribution in [2.24, 2.45) is 17.3 Å². The van der Waals surface area contributed by atoms with E-state index in [0.29, 0.717) is 11.3 Å². The van der Waals surface area contributed by atoms with Gasteiger partial charge in [0.2, 0.25) is 0 Å². The van der Waals surface area contributed by atoms with Gasteiger partial charge in [0.05, 0.1) is 0 Å². The van der Waals surface area contributed by atoms with E-state index < -0.39 is 0 Å². The highest BCUT2D eigenvalue weighted by atomic mass is 14.9. The Balaban J connectivity index is 3.62. The second kappa shape index (κ2) is 6.41. The molecule has 2 nitrogen and oxygen atoms in total. The minimum absolute atomic E-state index is 0.402. The summed E-state index contributed by atoms with van der Waals surface area (Å²) in [5, 5.41) is 6.75. The quantitative estimate of drug-likeness (QED) is 0.658. The summed E-state index contributed by atoms with van der Waals surface area (Å²) in [7, 11) is 2.01. The molecule has 0 saturated carbocycles. The molecule has 2 heteroatoms. The maximum Gasteiger partial charge on any atom is 0.000509 e. The first kappa shape index (κ1) is 13.9. The van der Waals surface area contributed by atoms with E-state index in [2.05, 4.69) is 45.3 Å². The molecule has 0 aromatic carbocycles. The number of nitrogens with one attached hydrogen (secondary N) is 2. The van der Waals surface area contributed by atoms with E-state index in [0.717, 1.165) is 25.6 Å². The zero-order valence-electron chi connectivity index (χ0n) is 10.8. The molecule has 1 unspecified atom stereocenters. The van der Waals surface area contributed by atoms with E-state index in [9.17, 15) is 0 Å². The van der Waals surface area contributed by atoms with Crippen molar-refractivity contribution in [3.63, 3.8) is 0 Å². The molecule has 14 heavy (non-hydrogen) atoms. The van der Waals surface area contributed by atoms with Crippen LogP contribution >= 0.6 is 0 Å². The van der Waals surface area contributed by atoms with E-state index in [4.69, 9.17) is 0 Å². The second-order valence-corrected chi connectivity index (χ2v) is 5.44. The molecule has 0 aliphatic rings. The van der Waals surface area contributed by atoms with Gasteiger partial charge in [-0.15, -0.1) is 0 Å². The maximum atomic E-state index is 3.55. The molecule has 0 bridgehead atoms. The predicted molar refractivity (Wildman–Crippen MR) is 64.6 cm³/mol. The Morgan fingerprint density at radius 3 is 2.07 bits per heavy atom. The monoisotopic (exact) mass is 200 g/mol. The van der Waals surface area contributed by atoms with Crippen molar-refractivity contribution in [3.05, 3.63) is 0 Å². The molecule has 0 aliphatic carbocycles. The third-order valence-corrected chi connectivity index (χ3v) is 3.19. The first-order chi connectivity index (χ1) is 6.40. The molecule has 0 amide bonds. The summed E-state index contributed by atoms with van der Waals surface area (Å²) in [4.78, 5) is 0. The van der Waals surface area contributed by atoms with Crippen LogP contribution < -0.4 is 10.6 Å². The molecule has 0 aliphatic heterocycles. The molecule has 0 aromatic heterocycles. The van der Waals surface area contributed by atoms with Gasteiger partial charge in [0.15, 0.2) is 0 Å². The highest BCUT2D eigenvalue weighted by molar-refractivity contribution is 4.75. The average molecular weight is 200 g/mol. The van der Waals surface area contributed by atoms with Gasteiger partial charge in [-0.05, 0) is 37.4 Å². The highest BCUT2D eigenvalue weighted by Crippen LogP contribution is 2.24. The van der Waals surface area contributed by atoms with Crippen molar-refractivity contribution in [2.45, 2.75) is 34.6 Å². The van der Waals surface area contributed by atoms with Gasteiger partial charge in [-0.3, -0.25) is 0 Å². The zero-order valence-corrected chi connectivity index (χ0v) is 10.8. The van der Waals surface area contributed by atoms with Crippen LogP contribution in [-0.2, 0) is 0 Å². The Bertz CT molecular complexity index is 141. The Morgan fingerprint density at radius 2 is 1.64 bits per heavy atom.